The average molecular weight is 413 g/mol. The van der Waals surface area contributed by atoms with Gasteiger partial charge in [0.05, 0.1) is 18.2 Å². The van der Waals surface area contributed by atoms with Crippen LogP contribution in [0.1, 0.15) is 38.3 Å². The van der Waals surface area contributed by atoms with Gasteiger partial charge in [0.25, 0.3) is 11.8 Å². The van der Waals surface area contributed by atoms with Crippen LogP contribution in [0.2, 0.25) is 0 Å². The van der Waals surface area contributed by atoms with Crippen LogP contribution < -0.4 is 5.32 Å². The van der Waals surface area contributed by atoms with Crippen molar-refractivity contribution >= 4 is 5.95 Å². The Morgan fingerprint density at radius 2 is 1.86 bits per heavy atom. The zero-order chi connectivity index (χ0) is 20.1. The van der Waals surface area contributed by atoms with E-state index < -0.39 is 30.0 Å². The summed E-state index contributed by atoms with van der Waals surface area (Å²) in [5.41, 5.74) is 0.417. The summed E-state index contributed by atoms with van der Waals surface area (Å²) < 4.78 is 62.5. The largest absolute Gasteiger partial charge is 0.415 e. The Morgan fingerprint density at radius 1 is 1.14 bits per heavy atom. The fourth-order valence-electron chi connectivity index (χ4n) is 2.34. The Bertz CT molecular complexity index is 921. The lowest BCUT2D eigenvalue weighted by atomic mass is 10.1. The van der Waals surface area contributed by atoms with Gasteiger partial charge < -0.3 is 14.5 Å². The second-order valence-corrected chi connectivity index (χ2v) is 5.56. The number of hydrogen-bond donors (Lipinski definition) is 1. The molecule has 0 amide bonds. The van der Waals surface area contributed by atoms with Crippen LogP contribution in [0.3, 0.4) is 0 Å². The monoisotopic (exact) mass is 413 g/mol. The second-order valence-electron chi connectivity index (χ2n) is 5.56. The quantitative estimate of drug-likeness (QED) is 0.542. The van der Waals surface area contributed by atoms with Crippen molar-refractivity contribution < 1.29 is 26.7 Å². The number of ether oxygens (including phenoxy) is 1. The fourth-order valence-corrected chi connectivity index (χ4v) is 2.34. The van der Waals surface area contributed by atoms with Gasteiger partial charge in [-0.05, 0) is 13.0 Å². The third-order valence-corrected chi connectivity index (χ3v) is 3.66. The number of rotatable bonds is 8. The van der Waals surface area contributed by atoms with E-state index in [1.165, 1.54) is 18.5 Å². The molecular formula is C18H19F4N5O2. The third kappa shape index (κ3) is 5.47. The highest BCUT2D eigenvalue weighted by atomic mass is 19.3. The molecular weight excluding hydrogens is 394 g/mol. The van der Waals surface area contributed by atoms with Crippen molar-refractivity contribution in [3.8, 4) is 11.5 Å². The fraction of sp³-hybridized carbons (Fsp3) is 0.333. The Labute approximate surface area is 164 Å². The summed E-state index contributed by atoms with van der Waals surface area (Å²) in [7, 11) is 0. The van der Waals surface area contributed by atoms with Gasteiger partial charge in [-0.25, -0.2) is 18.7 Å². The molecule has 29 heavy (non-hydrogen) atoms. The smallest absolute Gasteiger partial charge is 0.314 e. The van der Waals surface area contributed by atoms with Crippen LogP contribution in [0.4, 0.5) is 23.5 Å². The standard InChI is InChI=1S/C17H15F4N5O2.CH4/c1-2-27-8-13(11-4-3-10(18)5-12(11)19)24-17-22-6-9(7-23-17)15-25-26-16(28-15)14(20)21;/h3-7,13-14H,2,8H2,1H3,(H,22,23,24);1H4. The lowest BCUT2D eigenvalue weighted by Gasteiger charge is -2.19. The van der Waals surface area contributed by atoms with Crippen LogP contribution in [0, 0.1) is 11.6 Å². The minimum atomic E-state index is -2.88. The predicted molar refractivity (Wildman–Crippen MR) is 96.2 cm³/mol. The summed E-state index contributed by atoms with van der Waals surface area (Å²) in [4.78, 5) is 8.08. The van der Waals surface area contributed by atoms with E-state index in [9.17, 15) is 17.6 Å². The number of benzene rings is 1. The van der Waals surface area contributed by atoms with Gasteiger partial charge in [0.15, 0.2) is 0 Å². The van der Waals surface area contributed by atoms with Crippen LogP contribution in [-0.4, -0.2) is 33.4 Å². The molecule has 1 aromatic carbocycles. The minimum absolute atomic E-state index is 0. The van der Waals surface area contributed by atoms with Gasteiger partial charge in [0, 0.05) is 30.6 Å². The van der Waals surface area contributed by atoms with E-state index >= 15 is 0 Å². The van der Waals surface area contributed by atoms with Crippen molar-refractivity contribution in [2.75, 3.05) is 18.5 Å². The van der Waals surface area contributed by atoms with Gasteiger partial charge in [-0.15, -0.1) is 10.2 Å². The second kappa shape index (κ2) is 9.92. The van der Waals surface area contributed by atoms with Gasteiger partial charge in [0.1, 0.15) is 11.6 Å². The van der Waals surface area contributed by atoms with Crippen molar-refractivity contribution in [3.63, 3.8) is 0 Å². The number of aromatic nitrogens is 4. The van der Waals surface area contributed by atoms with Gasteiger partial charge in [-0.3, -0.25) is 0 Å². The first kappa shape index (κ1) is 22.2. The summed E-state index contributed by atoms with van der Waals surface area (Å²) in [6.45, 7) is 2.26. The molecule has 11 heteroatoms. The summed E-state index contributed by atoms with van der Waals surface area (Å²) in [5.74, 6) is -2.28. The molecule has 0 aliphatic carbocycles. The van der Waals surface area contributed by atoms with Crippen molar-refractivity contribution in [1.29, 1.82) is 0 Å². The Morgan fingerprint density at radius 3 is 2.45 bits per heavy atom. The Balaban J connectivity index is 0.00000300. The SMILES string of the molecule is C.CCOCC(Nc1ncc(-c2nnc(C(F)F)o2)cn1)c1ccc(F)cc1F. The van der Waals surface area contributed by atoms with Crippen LogP contribution >= 0.6 is 0 Å². The zero-order valence-corrected chi connectivity index (χ0v) is 14.6. The third-order valence-electron chi connectivity index (χ3n) is 3.66. The maximum absolute atomic E-state index is 14.1. The zero-order valence-electron chi connectivity index (χ0n) is 14.6. The number of halogens is 4. The molecule has 1 N–H and O–H groups in total. The van der Waals surface area contributed by atoms with E-state index in [0.717, 1.165) is 12.1 Å². The van der Waals surface area contributed by atoms with Gasteiger partial charge >= 0.3 is 6.43 Å². The molecule has 0 bridgehead atoms. The summed E-state index contributed by atoms with van der Waals surface area (Å²) in [5, 5.41) is 9.63. The molecule has 2 aromatic heterocycles. The maximum atomic E-state index is 14.1. The molecule has 3 rings (SSSR count). The number of alkyl halides is 2. The van der Waals surface area contributed by atoms with E-state index in [1.807, 2.05) is 0 Å². The topological polar surface area (TPSA) is 86.0 Å². The van der Waals surface area contributed by atoms with E-state index in [2.05, 4.69) is 25.5 Å². The number of anilines is 1. The lowest BCUT2D eigenvalue weighted by Crippen LogP contribution is -2.20. The molecule has 2 heterocycles. The Kier molecular flexibility index (Phi) is 7.59. The van der Waals surface area contributed by atoms with E-state index in [1.54, 1.807) is 6.92 Å². The van der Waals surface area contributed by atoms with Crippen LogP contribution in [-0.2, 0) is 4.74 Å². The molecule has 0 aliphatic heterocycles. The molecule has 0 aliphatic rings. The molecule has 0 saturated heterocycles. The molecule has 0 fully saturated rings. The highest BCUT2D eigenvalue weighted by molar-refractivity contribution is 5.50. The summed E-state index contributed by atoms with van der Waals surface area (Å²) in [6, 6.07) is 2.54. The van der Waals surface area contributed by atoms with Crippen LogP contribution in [0.15, 0.2) is 35.0 Å². The summed E-state index contributed by atoms with van der Waals surface area (Å²) in [6.07, 6.45) is -0.304. The molecule has 7 nitrogen and oxygen atoms in total. The number of hydrogen-bond acceptors (Lipinski definition) is 7. The highest BCUT2D eigenvalue weighted by Gasteiger charge is 2.19. The molecule has 1 unspecified atom stereocenters. The predicted octanol–water partition coefficient (Wildman–Crippen LogP) is 4.57. The number of nitrogens with zero attached hydrogens (tertiary/aromatic N) is 4. The van der Waals surface area contributed by atoms with E-state index in [-0.39, 0.29) is 37.0 Å². The Hall–Kier alpha value is -3.08. The van der Waals surface area contributed by atoms with Gasteiger partial charge in [-0.2, -0.15) is 8.78 Å². The van der Waals surface area contributed by atoms with Crippen LogP contribution in [0.25, 0.3) is 11.5 Å². The maximum Gasteiger partial charge on any atom is 0.314 e. The number of nitrogens with one attached hydrogen (secondary N) is 1. The molecule has 3 aromatic rings. The normalized spacial score (nSPS) is 11.9. The average Bonchev–Trinajstić information content (AvgIpc) is 3.16. The van der Waals surface area contributed by atoms with Crippen molar-refractivity contribution in [3.05, 3.63) is 53.7 Å². The van der Waals surface area contributed by atoms with Crippen molar-refractivity contribution in [1.82, 2.24) is 20.2 Å². The molecule has 0 radical (unpaired) electrons. The van der Waals surface area contributed by atoms with Crippen molar-refractivity contribution in [2.24, 2.45) is 0 Å². The van der Waals surface area contributed by atoms with Gasteiger partial charge in [-0.1, -0.05) is 13.5 Å². The van der Waals surface area contributed by atoms with E-state index in [4.69, 9.17) is 9.15 Å². The molecule has 156 valence electrons. The van der Waals surface area contributed by atoms with Gasteiger partial charge in [0.2, 0.25) is 5.95 Å². The first-order valence-electron chi connectivity index (χ1n) is 8.21. The minimum Gasteiger partial charge on any atom is -0.415 e. The lowest BCUT2D eigenvalue weighted by molar-refractivity contribution is 0.116. The van der Waals surface area contributed by atoms with Crippen LogP contribution in [0.5, 0.6) is 0 Å². The van der Waals surface area contributed by atoms with E-state index in [0.29, 0.717) is 6.61 Å². The highest BCUT2D eigenvalue weighted by Crippen LogP contribution is 2.24. The first-order valence-corrected chi connectivity index (χ1v) is 8.21. The molecule has 0 spiro atoms. The summed E-state index contributed by atoms with van der Waals surface area (Å²) >= 11 is 0. The van der Waals surface area contributed by atoms with Crippen molar-refractivity contribution in [2.45, 2.75) is 26.8 Å². The first-order chi connectivity index (χ1) is 13.5. The molecule has 0 saturated carbocycles. The molecule has 1 atom stereocenters.